The summed E-state index contributed by atoms with van der Waals surface area (Å²) in [6.45, 7) is 2.11. The van der Waals surface area contributed by atoms with Crippen LogP contribution in [0.4, 0.5) is 17.1 Å². The molecule has 1 saturated heterocycles. The summed E-state index contributed by atoms with van der Waals surface area (Å²) < 4.78 is 27.8. The number of anilines is 3. The summed E-state index contributed by atoms with van der Waals surface area (Å²) in [5.74, 6) is -0.424. The predicted molar refractivity (Wildman–Crippen MR) is 134 cm³/mol. The number of sulfonamides is 1. The van der Waals surface area contributed by atoms with E-state index in [0.717, 1.165) is 22.0 Å². The van der Waals surface area contributed by atoms with Crippen LogP contribution in [0.3, 0.4) is 0 Å². The molecule has 0 radical (unpaired) electrons. The summed E-state index contributed by atoms with van der Waals surface area (Å²) in [6, 6.07) is 19.6. The van der Waals surface area contributed by atoms with Crippen molar-refractivity contribution in [3.8, 4) is 0 Å². The van der Waals surface area contributed by atoms with E-state index >= 15 is 0 Å². The molecule has 1 aliphatic rings. The molecule has 0 bridgehead atoms. The fraction of sp³-hybridized carbons (Fsp3) is 0.200. The van der Waals surface area contributed by atoms with Crippen molar-refractivity contribution in [1.82, 2.24) is 0 Å². The molecule has 1 heterocycles. The molecule has 0 atom stereocenters. The average molecular weight is 498 g/mol. The van der Waals surface area contributed by atoms with Crippen molar-refractivity contribution < 1.29 is 18.0 Å². The van der Waals surface area contributed by atoms with Crippen LogP contribution in [-0.4, -0.2) is 33.3 Å². The highest BCUT2D eigenvalue weighted by Gasteiger charge is 2.28. The van der Waals surface area contributed by atoms with Crippen LogP contribution < -0.4 is 14.5 Å². The van der Waals surface area contributed by atoms with Crippen LogP contribution in [0.5, 0.6) is 0 Å². The van der Waals surface area contributed by atoms with Gasteiger partial charge in [-0.2, -0.15) is 0 Å². The number of carbonyl (C=O) groups excluding carboxylic acids is 2. The lowest BCUT2D eigenvalue weighted by atomic mass is 10.1. The molecule has 0 aromatic heterocycles. The second-order valence-corrected chi connectivity index (χ2v) is 10.3. The Labute approximate surface area is 204 Å². The Morgan fingerprint density at radius 1 is 1.06 bits per heavy atom. The van der Waals surface area contributed by atoms with Crippen LogP contribution in [0, 0.1) is 6.92 Å². The van der Waals surface area contributed by atoms with E-state index < -0.39 is 22.5 Å². The smallest absolute Gasteiger partial charge is 0.264 e. The van der Waals surface area contributed by atoms with Crippen molar-refractivity contribution >= 4 is 50.5 Å². The van der Waals surface area contributed by atoms with Gasteiger partial charge in [0.05, 0.1) is 10.6 Å². The van der Waals surface area contributed by atoms with Gasteiger partial charge in [0.15, 0.2) is 0 Å². The highest BCUT2D eigenvalue weighted by molar-refractivity contribution is 7.92. The average Bonchev–Trinajstić information content (AvgIpc) is 3.23. The Morgan fingerprint density at radius 2 is 1.82 bits per heavy atom. The zero-order chi connectivity index (χ0) is 24.3. The molecule has 7 nitrogen and oxygen atoms in total. The molecule has 1 fully saturated rings. The van der Waals surface area contributed by atoms with E-state index in [1.165, 1.54) is 18.2 Å². The molecular weight excluding hydrogens is 474 g/mol. The minimum Gasteiger partial charge on any atom is -0.325 e. The van der Waals surface area contributed by atoms with Crippen molar-refractivity contribution in [1.29, 1.82) is 0 Å². The molecule has 0 unspecified atom stereocenters. The molecule has 2 amide bonds. The Morgan fingerprint density at radius 3 is 2.47 bits per heavy atom. The Kier molecular flexibility index (Phi) is 6.90. The second kappa shape index (κ2) is 9.87. The van der Waals surface area contributed by atoms with Crippen LogP contribution in [-0.2, 0) is 19.6 Å². The van der Waals surface area contributed by atoms with Gasteiger partial charge in [0.1, 0.15) is 6.54 Å². The lowest BCUT2D eigenvalue weighted by Crippen LogP contribution is -2.38. The number of hydrogen-bond donors (Lipinski definition) is 1. The molecule has 0 spiro atoms. The number of carbonyl (C=O) groups is 2. The number of aryl methyl sites for hydroxylation is 1. The third-order valence-corrected chi connectivity index (χ3v) is 7.58. The number of nitrogens with one attached hydrogen (secondary N) is 1. The first-order valence-corrected chi connectivity index (χ1v) is 12.6. The number of amides is 2. The minimum atomic E-state index is -4.02. The van der Waals surface area contributed by atoms with Gasteiger partial charge in [-0.25, -0.2) is 8.42 Å². The highest BCUT2D eigenvalue weighted by atomic mass is 35.5. The minimum absolute atomic E-state index is 0.0678. The normalized spacial score (nSPS) is 13.7. The molecule has 3 aromatic carbocycles. The van der Waals surface area contributed by atoms with Gasteiger partial charge >= 0.3 is 0 Å². The van der Waals surface area contributed by atoms with Gasteiger partial charge in [-0.1, -0.05) is 35.9 Å². The molecule has 3 aromatic rings. The zero-order valence-electron chi connectivity index (χ0n) is 18.6. The molecule has 1 N–H and O–H groups in total. The van der Waals surface area contributed by atoms with Crippen molar-refractivity contribution in [3.63, 3.8) is 0 Å². The van der Waals surface area contributed by atoms with Gasteiger partial charge in [-0.3, -0.25) is 13.9 Å². The molecule has 176 valence electrons. The van der Waals surface area contributed by atoms with Crippen LogP contribution in [0.2, 0.25) is 5.02 Å². The predicted octanol–water partition coefficient (Wildman–Crippen LogP) is 4.61. The fourth-order valence-electron chi connectivity index (χ4n) is 3.94. The maximum atomic E-state index is 13.4. The number of halogens is 1. The van der Waals surface area contributed by atoms with Gasteiger partial charge in [-0.15, -0.1) is 0 Å². The molecular formula is C25H24ClN3O4S. The lowest BCUT2D eigenvalue weighted by molar-refractivity contribution is -0.117. The Balaban J connectivity index is 1.58. The molecule has 1 aliphatic heterocycles. The van der Waals surface area contributed by atoms with Crippen LogP contribution >= 0.6 is 11.6 Å². The van der Waals surface area contributed by atoms with Gasteiger partial charge in [0.2, 0.25) is 11.8 Å². The van der Waals surface area contributed by atoms with Gasteiger partial charge < -0.3 is 10.2 Å². The standard InChI is InChI=1S/C25H24ClN3O4S/c1-18-15-20(12-13-23(18)28-14-6-11-25(28)31)27-24(30)17-29(21-8-5-7-19(26)16-21)34(32,33)22-9-3-2-4-10-22/h2-5,7-10,12-13,15-16H,6,11,14,17H2,1H3,(H,27,30). The molecule has 34 heavy (non-hydrogen) atoms. The molecule has 0 aliphatic carbocycles. The summed E-state index contributed by atoms with van der Waals surface area (Å²) in [6.07, 6.45) is 1.36. The zero-order valence-corrected chi connectivity index (χ0v) is 20.1. The van der Waals surface area contributed by atoms with E-state index in [-0.39, 0.29) is 16.5 Å². The Hall–Kier alpha value is -3.36. The van der Waals surface area contributed by atoms with Gasteiger partial charge in [-0.05, 0) is 67.4 Å². The number of rotatable bonds is 7. The van der Waals surface area contributed by atoms with Crippen LogP contribution in [0.1, 0.15) is 18.4 Å². The number of nitrogens with zero attached hydrogens (tertiary/aromatic N) is 2. The van der Waals surface area contributed by atoms with Crippen molar-refractivity contribution in [2.75, 3.05) is 27.6 Å². The van der Waals surface area contributed by atoms with E-state index in [9.17, 15) is 18.0 Å². The third-order valence-electron chi connectivity index (χ3n) is 5.56. The first-order valence-electron chi connectivity index (χ1n) is 10.8. The second-order valence-electron chi connectivity index (χ2n) is 8.00. The summed E-state index contributed by atoms with van der Waals surface area (Å²) >= 11 is 6.10. The van der Waals surface area contributed by atoms with Crippen molar-refractivity contribution in [2.24, 2.45) is 0 Å². The van der Waals surface area contributed by atoms with E-state index in [1.54, 1.807) is 59.5 Å². The first-order chi connectivity index (χ1) is 16.3. The quantitative estimate of drug-likeness (QED) is 0.516. The van der Waals surface area contributed by atoms with E-state index in [4.69, 9.17) is 11.6 Å². The Bertz CT molecular complexity index is 1330. The van der Waals surface area contributed by atoms with Crippen molar-refractivity contribution in [3.05, 3.63) is 83.4 Å². The van der Waals surface area contributed by atoms with E-state index in [0.29, 0.717) is 23.7 Å². The van der Waals surface area contributed by atoms with E-state index in [2.05, 4.69) is 5.32 Å². The largest absolute Gasteiger partial charge is 0.325 e. The topological polar surface area (TPSA) is 86.8 Å². The maximum absolute atomic E-state index is 13.4. The van der Waals surface area contributed by atoms with Crippen LogP contribution in [0.25, 0.3) is 0 Å². The lowest BCUT2D eigenvalue weighted by Gasteiger charge is -2.24. The van der Waals surface area contributed by atoms with Gasteiger partial charge in [0, 0.05) is 29.4 Å². The fourth-order valence-corrected chi connectivity index (χ4v) is 5.55. The van der Waals surface area contributed by atoms with Crippen molar-refractivity contribution in [2.45, 2.75) is 24.7 Å². The summed E-state index contributed by atoms with van der Waals surface area (Å²) in [4.78, 5) is 26.8. The molecule has 0 saturated carbocycles. The summed E-state index contributed by atoms with van der Waals surface area (Å²) in [5.41, 5.74) is 2.45. The summed E-state index contributed by atoms with van der Waals surface area (Å²) in [5, 5.41) is 3.12. The van der Waals surface area contributed by atoms with Gasteiger partial charge in [0.25, 0.3) is 10.0 Å². The third kappa shape index (κ3) is 5.08. The van der Waals surface area contributed by atoms with E-state index in [1.807, 2.05) is 6.92 Å². The number of hydrogen-bond acceptors (Lipinski definition) is 4. The summed E-state index contributed by atoms with van der Waals surface area (Å²) in [7, 11) is -4.02. The van der Waals surface area contributed by atoms with Crippen LogP contribution in [0.15, 0.2) is 77.7 Å². The monoisotopic (exact) mass is 497 g/mol. The maximum Gasteiger partial charge on any atom is 0.264 e. The highest BCUT2D eigenvalue weighted by Crippen LogP contribution is 2.29. The SMILES string of the molecule is Cc1cc(NC(=O)CN(c2cccc(Cl)c2)S(=O)(=O)c2ccccc2)ccc1N1CCCC1=O. The molecule has 4 rings (SSSR count). The molecule has 9 heteroatoms. The number of benzene rings is 3. The first kappa shape index (κ1) is 23.8.